The molecule has 2 N–H and O–H groups in total. The average molecular weight is 428 g/mol. The van der Waals surface area contributed by atoms with E-state index in [1.165, 1.54) is 16.8 Å². The second kappa shape index (κ2) is 9.84. The third-order valence-electron chi connectivity index (χ3n) is 6.20. The second-order valence-electron chi connectivity index (χ2n) is 8.63. The summed E-state index contributed by atoms with van der Waals surface area (Å²) in [7, 11) is 2.05. The molecule has 3 aromatic carbocycles. The molecule has 1 atom stereocenters. The Morgan fingerprint density at radius 1 is 0.969 bits per heavy atom. The normalized spacial score (nSPS) is 15.8. The summed E-state index contributed by atoms with van der Waals surface area (Å²) in [6, 6.07) is 27.3. The fourth-order valence-corrected chi connectivity index (χ4v) is 4.47. The lowest BCUT2D eigenvalue weighted by molar-refractivity contribution is -0.570. The summed E-state index contributed by atoms with van der Waals surface area (Å²) in [5, 5.41) is 2.19. The third-order valence-corrected chi connectivity index (χ3v) is 6.20. The Morgan fingerprint density at radius 2 is 1.69 bits per heavy atom. The van der Waals surface area contributed by atoms with Gasteiger partial charge in [0.05, 0.1) is 18.7 Å². The van der Waals surface area contributed by atoms with Crippen molar-refractivity contribution in [1.29, 1.82) is 0 Å². The zero-order chi connectivity index (χ0) is 22.4. The monoisotopic (exact) mass is 427 g/mol. The largest absolute Gasteiger partial charge is 0.439 e. The number of hydrogen-bond donors (Lipinski definition) is 1. The molecule has 0 fully saturated rings. The van der Waals surface area contributed by atoms with Crippen LogP contribution in [0.3, 0.4) is 0 Å². The van der Waals surface area contributed by atoms with Gasteiger partial charge in [0.15, 0.2) is 11.6 Å². The molecule has 1 heterocycles. The van der Waals surface area contributed by atoms with Gasteiger partial charge in [0.1, 0.15) is 12.0 Å². The lowest BCUT2D eigenvalue weighted by atomic mass is 9.74. The van der Waals surface area contributed by atoms with Crippen molar-refractivity contribution >= 4 is 17.7 Å². The van der Waals surface area contributed by atoms with Crippen LogP contribution in [-0.4, -0.2) is 19.9 Å². The first-order valence-corrected chi connectivity index (χ1v) is 11.2. The number of carbonyl (C=O) groups excluding carboxylic acids is 1. The first kappa shape index (κ1) is 21.8. The Balaban J connectivity index is 1.66. The number of aldehydes is 1. The van der Waals surface area contributed by atoms with Crippen molar-refractivity contribution in [2.45, 2.75) is 31.6 Å². The van der Waals surface area contributed by atoms with Crippen molar-refractivity contribution in [2.24, 2.45) is 0 Å². The summed E-state index contributed by atoms with van der Waals surface area (Å²) in [6.45, 7) is 3.08. The highest BCUT2D eigenvalue weighted by atomic mass is 16.5. The van der Waals surface area contributed by atoms with Crippen LogP contribution < -0.4 is 15.0 Å². The maximum absolute atomic E-state index is 10.8. The minimum absolute atomic E-state index is 0.137. The standard InChI is InChI=1S/C28H30N2O2/c1-28(21-22-11-4-3-5-12-22,23-13-6-7-14-24(23)29-19-10-20-31)18-17-27-30(2)25-15-8-9-16-26(25)32-27/h3-9,11-17,20,29H,10,18-19,21H2,1-2H3/p+1/b27-17-. The van der Waals surface area contributed by atoms with Crippen molar-refractivity contribution in [3.63, 3.8) is 0 Å². The van der Waals surface area contributed by atoms with Crippen LogP contribution in [0.1, 0.15) is 30.9 Å². The van der Waals surface area contributed by atoms with Crippen molar-refractivity contribution in [3.8, 4) is 5.75 Å². The quantitative estimate of drug-likeness (QED) is 0.305. The highest BCUT2D eigenvalue weighted by Gasteiger charge is 2.32. The van der Waals surface area contributed by atoms with E-state index in [1.54, 1.807) is 0 Å². The van der Waals surface area contributed by atoms with Crippen LogP contribution in [0.2, 0.25) is 0 Å². The van der Waals surface area contributed by atoms with Crippen LogP contribution in [0.4, 0.5) is 11.4 Å². The number of carbonyl (C=O) groups is 1. The topological polar surface area (TPSA) is 46.2 Å². The molecule has 0 radical (unpaired) electrons. The minimum atomic E-state index is -0.137. The molecule has 0 saturated carbocycles. The number of ether oxygens (including phenoxy) is 1. The van der Waals surface area contributed by atoms with Crippen LogP contribution in [0.15, 0.2) is 90.8 Å². The average Bonchev–Trinajstić information content (AvgIpc) is 3.15. The van der Waals surface area contributed by atoms with Gasteiger partial charge in [-0.1, -0.05) is 67.6 Å². The summed E-state index contributed by atoms with van der Waals surface area (Å²) >= 11 is 0. The van der Waals surface area contributed by atoms with E-state index in [9.17, 15) is 4.79 Å². The third kappa shape index (κ3) is 4.76. The number of fused-ring (bicyclic) bond motifs is 1. The molecular weight excluding hydrogens is 396 g/mol. The minimum Gasteiger partial charge on any atom is -0.439 e. The van der Waals surface area contributed by atoms with Crippen LogP contribution in [0.25, 0.3) is 0 Å². The molecule has 4 rings (SSSR count). The summed E-state index contributed by atoms with van der Waals surface area (Å²) in [4.78, 5) is 13.0. The van der Waals surface area contributed by atoms with E-state index < -0.39 is 0 Å². The maximum atomic E-state index is 10.8. The molecule has 0 aliphatic carbocycles. The summed E-state index contributed by atoms with van der Waals surface area (Å²) in [5.41, 5.74) is 4.76. The fraction of sp³-hybridized carbons (Fsp3) is 0.250. The molecule has 0 saturated heterocycles. The van der Waals surface area contributed by atoms with Crippen molar-refractivity contribution in [1.82, 2.24) is 0 Å². The van der Waals surface area contributed by atoms with Gasteiger partial charge in [0.2, 0.25) is 0 Å². The Bertz CT molecular complexity index is 1090. The smallest absolute Gasteiger partial charge is 0.196 e. The molecule has 0 bridgehead atoms. The molecule has 164 valence electrons. The van der Waals surface area contributed by atoms with Gasteiger partial charge < -0.3 is 19.7 Å². The summed E-state index contributed by atoms with van der Waals surface area (Å²) in [5.74, 6) is 1.77. The Labute approximate surface area is 190 Å². The molecule has 1 unspecified atom stereocenters. The fourth-order valence-electron chi connectivity index (χ4n) is 4.47. The lowest BCUT2D eigenvalue weighted by Gasteiger charge is -2.30. The molecule has 0 spiro atoms. The van der Waals surface area contributed by atoms with Crippen molar-refractivity contribution < 1.29 is 14.8 Å². The number of anilines is 1. The number of nitrogens with two attached hydrogens (primary N) is 1. The van der Waals surface area contributed by atoms with Gasteiger partial charge in [-0.25, -0.2) is 0 Å². The van der Waals surface area contributed by atoms with E-state index in [0.29, 0.717) is 6.42 Å². The van der Waals surface area contributed by atoms with Gasteiger partial charge in [-0.15, -0.1) is 0 Å². The van der Waals surface area contributed by atoms with Gasteiger partial charge in [0.25, 0.3) is 0 Å². The number of quaternary nitrogens is 1. The Hall–Kier alpha value is -3.37. The summed E-state index contributed by atoms with van der Waals surface area (Å²) < 4.78 is 6.15. The highest BCUT2D eigenvalue weighted by Crippen LogP contribution is 2.40. The van der Waals surface area contributed by atoms with Crippen LogP contribution in [-0.2, 0) is 16.6 Å². The van der Waals surface area contributed by atoms with Crippen molar-refractivity contribution in [3.05, 3.63) is 102 Å². The molecule has 1 aliphatic heterocycles. The number of rotatable bonds is 9. The molecule has 3 aromatic rings. The summed E-state index contributed by atoms with van der Waals surface area (Å²) in [6.07, 6.45) is 5.48. The highest BCUT2D eigenvalue weighted by molar-refractivity contribution is 5.65. The van der Waals surface area contributed by atoms with E-state index in [0.717, 1.165) is 43.0 Å². The predicted molar refractivity (Wildman–Crippen MR) is 129 cm³/mol. The van der Waals surface area contributed by atoms with Crippen LogP contribution >= 0.6 is 0 Å². The zero-order valence-corrected chi connectivity index (χ0v) is 18.8. The first-order valence-electron chi connectivity index (χ1n) is 11.2. The number of benzene rings is 3. The molecule has 4 nitrogen and oxygen atoms in total. The van der Waals surface area contributed by atoms with E-state index in [-0.39, 0.29) is 5.41 Å². The number of hydrogen-bond acceptors (Lipinski definition) is 3. The van der Waals surface area contributed by atoms with E-state index >= 15 is 0 Å². The molecule has 32 heavy (non-hydrogen) atoms. The van der Waals surface area contributed by atoms with Crippen LogP contribution in [0.5, 0.6) is 5.75 Å². The Kier molecular flexibility index (Phi) is 6.72. The van der Waals surface area contributed by atoms with Crippen LogP contribution in [0, 0.1) is 0 Å². The molecule has 4 heteroatoms. The van der Waals surface area contributed by atoms with Gasteiger partial charge >= 0.3 is 0 Å². The number of nitrogens with zero attached hydrogens (tertiary/aromatic N) is 1. The lowest BCUT2D eigenvalue weighted by Crippen LogP contribution is -2.78. The SMILES string of the molecule is CN1/C(=C/CC(C)(Cc2ccccc2)c2ccccc2[NH2+]CCC=O)Oc2ccccc21. The van der Waals surface area contributed by atoms with Gasteiger partial charge in [-0.05, 0) is 42.7 Å². The molecular formula is C28H31N2O2+. The van der Waals surface area contributed by atoms with Gasteiger partial charge in [-0.2, -0.15) is 0 Å². The molecule has 0 amide bonds. The van der Waals surface area contributed by atoms with Crippen molar-refractivity contribution in [2.75, 3.05) is 18.5 Å². The van der Waals surface area contributed by atoms with Gasteiger partial charge in [0, 0.05) is 18.0 Å². The Morgan fingerprint density at radius 3 is 2.47 bits per heavy atom. The van der Waals surface area contributed by atoms with Gasteiger partial charge in [-0.3, -0.25) is 0 Å². The predicted octanol–water partition coefficient (Wildman–Crippen LogP) is 4.73. The number of allylic oxidation sites excluding steroid dienone is 1. The van der Waals surface area contributed by atoms with E-state index in [1.807, 2.05) is 25.2 Å². The second-order valence-corrected chi connectivity index (χ2v) is 8.63. The van der Waals surface area contributed by atoms with E-state index in [4.69, 9.17) is 4.74 Å². The van der Waals surface area contributed by atoms with E-state index in [2.05, 4.69) is 83.9 Å². The number of para-hydroxylation sites is 3. The molecule has 1 aliphatic rings. The molecule has 0 aromatic heterocycles. The maximum Gasteiger partial charge on any atom is 0.196 e. The first-order chi connectivity index (χ1) is 15.6. The zero-order valence-electron chi connectivity index (χ0n) is 18.8.